The summed E-state index contributed by atoms with van der Waals surface area (Å²) in [6.45, 7) is 1.33. The standard InChI is InChI=1S/C19H20ClN3OS2/c1-22(2)9-10-23(18(24)13-5-4-6-15(11-13)25-3)19-21-16-8-7-14(20)12-17(16)26-19/h4-8,11-12H,9-10H2,1-3H3. The maximum absolute atomic E-state index is 13.2. The highest BCUT2D eigenvalue weighted by Gasteiger charge is 2.21. The Bertz CT molecular complexity index is 926. The van der Waals surface area contributed by atoms with Gasteiger partial charge in [-0.3, -0.25) is 9.69 Å². The molecular weight excluding hydrogens is 386 g/mol. The number of thioether (sulfide) groups is 1. The number of thiazole rings is 1. The van der Waals surface area contributed by atoms with Crippen LogP contribution in [0.4, 0.5) is 5.13 Å². The van der Waals surface area contributed by atoms with Crippen molar-refractivity contribution in [2.75, 3.05) is 38.3 Å². The van der Waals surface area contributed by atoms with Gasteiger partial charge in [0.05, 0.1) is 10.2 Å². The van der Waals surface area contributed by atoms with Crippen molar-refractivity contribution in [1.29, 1.82) is 0 Å². The van der Waals surface area contributed by atoms with Gasteiger partial charge in [0.1, 0.15) is 0 Å². The molecule has 3 rings (SSSR count). The van der Waals surface area contributed by atoms with Gasteiger partial charge in [-0.25, -0.2) is 4.98 Å². The lowest BCUT2D eigenvalue weighted by molar-refractivity contribution is 0.0985. The fraction of sp³-hybridized carbons (Fsp3) is 0.263. The molecule has 0 aliphatic rings. The van der Waals surface area contributed by atoms with Gasteiger partial charge >= 0.3 is 0 Å². The Labute approximate surface area is 166 Å². The van der Waals surface area contributed by atoms with E-state index in [0.29, 0.717) is 22.3 Å². The minimum absolute atomic E-state index is 0.0343. The van der Waals surface area contributed by atoms with E-state index in [9.17, 15) is 4.79 Å². The van der Waals surface area contributed by atoms with E-state index in [1.807, 2.05) is 62.8 Å². The Hall–Kier alpha value is -1.60. The minimum atomic E-state index is -0.0343. The lowest BCUT2D eigenvalue weighted by Crippen LogP contribution is -2.36. The number of carbonyl (C=O) groups is 1. The lowest BCUT2D eigenvalue weighted by Gasteiger charge is -2.22. The summed E-state index contributed by atoms with van der Waals surface area (Å²) in [7, 11) is 3.99. The summed E-state index contributed by atoms with van der Waals surface area (Å²) in [5, 5.41) is 1.37. The summed E-state index contributed by atoms with van der Waals surface area (Å²) in [6.07, 6.45) is 2.00. The van der Waals surface area contributed by atoms with Crippen LogP contribution in [0, 0.1) is 0 Å². The molecule has 0 saturated carbocycles. The summed E-state index contributed by atoms with van der Waals surface area (Å²) in [5.41, 5.74) is 1.53. The maximum Gasteiger partial charge on any atom is 0.260 e. The second kappa shape index (κ2) is 8.39. The third kappa shape index (κ3) is 4.38. The summed E-state index contributed by atoms with van der Waals surface area (Å²) < 4.78 is 0.980. The number of carbonyl (C=O) groups excluding carboxylic acids is 1. The molecule has 136 valence electrons. The van der Waals surface area contributed by atoms with Crippen molar-refractivity contribution < 1.29 is 4.79 Å². The molecule has 0 bridgehead atoms. The van der Waals surface area contributed by atoms with Crippen LogP contribution < -0.4 is 4.90 Å². The number of fused-ring (bicyclic) bond motifs is 1. The first-order valence-electron chi connectivity index (χ1n) is 8.14. The van der Waals surface area contributed by atoms with Crippen LogP contribution in [0.15, 0.2) is 47.4 Å². The number of nitrogens with zero attached hydrogens (tertiary/aromatic N) is 3. The number of benzene rings is 2. The molecule has 0 N–H and O–H groups in total. The third-order valence-electron chi connectivity index (χ3n) is 3.90. The van der Waals surface area contributed by atoms with Gasteiger partial charge < -0.3 is 4.90 Å². The molecule has 1 aromatic heterocycles. The first-order chi connectivity index (χ1) is 12.5. The number of anilines is 1. The van der Waals surface area contributed by atoms with Crippen molar-refractivity contribution in [3.8, 4) is 0 Å². The zero-order valence-electron chi connectivity index (χ0n) is 14.9. The molecule has 0 saturated heterocycles. The van der Waals surface area contributed by atoms with E-state index in [0.717, 1.165) is 21.7 Å². The predicted molar refractivity (Wildman–Crippen MR) is 113 cm³/mol. The van der Waals surface area contributed by atoms with Crippen LogP contribution in [-0.4, -0.2) is 49.2 Å². The van der Waals surface area contributed by atoms with Gasteiger partial charge in [0, 0.05) is 28.6 Å². The van der Waals surface area contributed by atoms with Gasteiger partial charge in [0.25, 0.3) is 5.91 Å². The minimum Gasteiger partial charge on any atom is -0.308 e. The van der Waals surface area contributed by atoms with E-state index in [4.69, 9.17) is 11.6 Å². The predicted octanol–water partition coefficient (Wildman–Crippen LogP) is 4.88. The van der Waals surface area contributed by atoms with Crippen molar-refractivity contribution in [3.05, 3.63) is 53.1 Å². The number of hydrogen-bond acceptors (Lipinski definition) is 5. The van der Waals surface area contributed by atoms with Crippen LogP contribution >= 0.6 is 34.7 Å². The molecule has 1 heterocycles. The maximum atomic E-state index is 13.2. The van der Waals surface area contributed by atoms with Crippen molar-refractivity contribution in [2.45, 2.75) is 4.90 Å². The Balaban J connectivity index is 1.98. The van der Waals surface area contributed by atoms with Crippen LogP contribution in [0.1, 0.15) is 10.4 Å². The fourth-order valence-electron chi connectivity index (χ4n) is 2.50. The van der Waals surface area contributed by atoms with E-state index in [2.05, 4.69) is 9.88 Å². The molecule has 1 amide bonds. The molecule has 26 heavy (non-hydrogen) atoms. The van der Waals surface area contributed by atoms with Crippen molar-refractivity contribution >= 4 is 56.0 Å². The number of amides is 1. The molecule has 7 heteroatoms. The number of aromatic nitrogens is 1. The second-order valence-electron chi connectivity index (χ2n) is 6.10. The monoisotopic (exact) mass is 405 g/mol. The second-order valence-corrected chi connectivity index (χ2v) is 8.43. The van der Waals surface area contributed by atoms with Crippen LogP contribution in [-0.2, 0) is 0 Å². The molecule has 2 aromatic carbocycles. The largest absolute Gasteiger partial charge is 0.308 e. The average molecular weight is 406 g/mol. The Morgan fingerprint density at radius 1 is 1.19 bits per heavy atom. The smallest absolute Gasteiger partial charge is 0.260 e. The number of likely N-dealkylation sites (N-methyl/N-ethyl adjacent to an activating group) is 1. The van der Waals surface area contributed by atoms with Crippen LogP contribution in [0.3, 0.4) is 0 Å². The highest BCUT2D eigenvalue weighted by atomic mass is 35.5. The van der Waals surface area contributed by atoms with E-state index < -0.39 is 0 Å². The van der Waals surface area contributed by atoms with E-state index in [1.54, 1.807) is 16.7 Å². The summed E-state index contributed by atoms with van der Waals surface area (Å²) in [5.74, 6) is -0.0343. The lowest BCUT2D eigenvalue weighted by atomic mass is 10.2. The van der Waals surface area contributed by atoms with E-state index in [-0.39, 0.29) is 5.91 Å². The van der Waals surface area contributed by atoms with Crippen LogP contribution in [0.2, 0.25) is 5.02 Å². The van der Waals surface area contributed by atoms with Crippen molar-refractivity contribution in [2.24, 2.45) is 0 Å². The molecule has 3 aromatic rings. The number of hydrogen-bond donors (Lipinski definition) is 0. The molecule has 0 atom stereocenters. The van der Waals surface area contributed by atoms with Gasteiger partial charge in [0.2, 0.25) is 0 Å². The number of halogens is 1. The first kappa shape index (κ1) is 19.2. The first-order valence-corrected chi connectivity index (χ1v) is 10.6. The molecule has 0 aliphatic carbocycles. The Kier molecular flexibility index (Phi) is 6.19. The molecular formula is C19H20ClN3OS2. The normalized spacial score (nSPS) is 11.3. The molecule has 0 aliphatic heterocycles. The van der Waals surface area contributed by atoms with Crippen LogP contribution in [0.5, 0.6) is 0 Å². The average Bonchev–Trinajstić information content (AvgIpc) is 3.04. The van der Waals surface area contributed by atoms with Gasteiger partial charge in [-0.2, -0.15) is 0 Å². The molecule has 0 spiro atoms. The third-order valence-corrected chi connectivity index (χ3v) is 5.90. The number of rotatable bonds is 6. The Morgan fingerprint density at radius 2 is 2.00 bits per heavy atom. The molecule has 0 fully saturated rings. The Morgan fingerprint density at radius 3 is 2.73 bits per heavy atom. The van der Waals surface area contributed by atoms with Crippen molar-refractivity contribution in [3.63, 3.8) is 0 Å². The highest BCUT2D eigenvalue weighted by molar-refractivity contribution is 7.98. The van der Waals surface area contributed by atoms with E-state index >= 15 is 0 Å². The zero-order valence-corrected chi connectivity index (χ0v) is 17.3. The molecule has 4 nitrogen and oxygen atoms in total. The summed E-state index contributed by atoms with van der Waals surface area (Å²) >= 11 is 9.21. The SMILES string of the molecule is CSc1cccc(C(=O)N(CCN(C)C)c2nc3ccc(Cl)cc3s2)c1. The fourth-order valence-corrected chi connectivity index (χ4v) is 4.22. The quantitative estimate of drug-likeness (QED) is 0.547. The van der Waals surface area contributed by atoms with Gasteiger partial charge in [0.15, 0.2) is 5.13 Å². The van der Waals surface area contributed by atoms with Crippen LogP contribution in [0.25, 0.3) is 10.2 Å². The topological polar surface area (TPSA) is 36.4 Å². The zero-order chi connectivity index (χ0) is 18.7. The van der Waals surface area contributed by atoms with Gasteiger partial charge in [-0.05, 0) is 56.7 Å². The van der Waals surface area contributed by atoms with Crippen molar-refractivity contribution in [1.82, 2.24) is 9.88 Å². The molecule has 0 unspecified atom stereocenters. The van der Waals surface area contributed by atoms with E-state index in [1.165, 1.54) is 11.3 Å². The molecule has 0 radical (unpaired) electrons. The van der Waals surface area contributed by atoms with Gasteiger partial charge in [-0.15, -0.1) is 11.8 Å². The summed E-state index contributed by atoms with van der Waals surface area (Å²) in [4.78, 5) is 22.8. The highest BCUT2D eigenvalue weighted by Crippen LogP contribution is 2.31. The summed E-state index contributed by atoms with van der Waals surface area (Å²) in [6, 6.07) is 13.3. The van der Waals surface area contributed by atoms with Gasteiger partial charge in [-0.1, -0.05) is 29.0 Å².